The van der Waals surface area contributed by atoms with Gasteiger partial charge in [0.15, 0.2) is 0 Å². The van der Waals surface area contributed by atoms with E-state index in [2.05, 4.69) is 0 Å². The molecule has 0 aromatic heterocycles. The monoisotopic (exact) mass is 234 g/mol. The summed E-state index contributed by atoms with van der Waals surface area (Å²) in [6.07, 6.45) is 3.94. The Bertz CT molecular complexity index is 380. The zero-order valence-electron chi connectivity index (χ0n) is 9.75. The summed E-state index contributed by atoms with van der Waals surface area (Å²) in [5.74, 6) is 0.183. The molecule has 1 aromatic rings. The summed E-state index contributed by atoms with van der Waals surface area (Å²) in [6.45, 7) is 0. The van der Waals surface area contributed by atoms with E-state index in [1.54, 1.807) is 0 Å². The molecule has 3 N–H and O–H groups in total. The van der Waals surface area contributed by atoms with E-state index in [0.717, 1.165) is 31.2 Å². The Labute approximate surface area is 101 Å². The van der Waals surface area contributed by atoms with Crippen LogP contribution in [0.2, 0.25) is 0 Å². The SMILES string of the molecule is NC(=O)N(O)[C@@H]1CCCC[C@@H]1c1ccccc1. The predicted molar refractivity (Wildman–Crippen MR) is 64.6 cm³/mol. The predicted octanol–water partition coefficient (Wildman–Crippen LogP) is 2.48. The molecule has 1 saturated carbocycles. The summed E-state index contributed by atoms with van der Waals surface area (Å²) in [7, 11) is 0. The van der Waals surface area contributed by atoms with E-state index in [9.17, 15) is 10.0 Å². The van der Waals surface area contributed by atoms with Crippen LogP contribution in [0.25, 0.3) is 0 Å². The summed E-state index contributed by atoms with van der Waals surface area (Å²) in [4.78, 5) is 11.1. The lowest BCUT2D eigenvalue weighted by atomic mass is 9.80. The van der Waals surface area contributed by atoms with Gasteiger partial charge in [-0.1, -0.05) is 43.2 Å². The Balaban J connectivity index is 2.21. The number of carbonyl (C=O) groups is 1. The van der Waals surface area contributed by atoms with Gasteiger partial charge in [-0.25, -0.2) is 9.86 Å². The smallest absolute Gasteiger partial charge is 0.338 e. The van der Waals surface area contributed by atoms with Crippen LogP contribution in [0.15, 0.2) is 30.3 Å². The largest absolute Gasteiger partial charge is 0.350 e. The highest BCUT2D eigenvalue weighted by atomic mass is 16.5. The second kappa shape index (κ2) is 5.19. The lowest BCUT2D eigenvalue weighted by Gasteiger charge is -2.35. The number of benzene rings is 1. The van der Waals surface area contributed by atoms with Gasteiger partial charge in [0.1, 0.15) is 0 Å². The number of urea groups is 1. The summed E-state index contributed by atoms with van der Waals surface area (Å²) in [6, 6.07) is 9.04. The molecular formula is C13H18N2O2. The molecule has 0 heterocycles. The van der Waals surface area contributed by atoms with E-state index >= 15 is 0 Å². The first-order chi connectivity index (χ1) is 8.20. The van der Waals surface area contributed by atoms with Crippen molar-refractivity contribution in [3.63, 3.8) is 0 Å². The third-order valence-corrected chi connectivity index (χ3v) is 3.50. The van der Waals surface area contributed by atoms with Gasteiger partial charge in [-0.15, -0.1) is 0 Å². The Morgan fingerprint density at radius 3 is 2.53 bits per heavy atom. The van der Waals surface area contributed by atoms with Crippen molar-refractivity contribution in [3.05, 3.63) is 35.9 Å². The van der Waals surface area contributed by atoms with Gasteiger partial charge in [-0.05, 0) is 18.4 Å². The summed E-state index contributed by atoms with van der Waals surface area (Å²) in [5.41, 5.74) is 6.31. The number of hydrogen-bond acceptors (Lipinski definition) is 2. The zero-order chi connectivity index (χ0) is 12.3. The fourth-order valence-electron chi connectivity index (χ4n) is 2.66. The number of carbonyl (C=O) groups excluding carboxylic acids is 1. The van der Waals surface area contributed by atoms with Gasteiger partial charge in [-0.3, -0.25) is 5.21 Å². The Kier molecular flexibility index (Phi) is 3.64. The first-order valence-corrected chi connectivity index (χ1v) is 6.02. The maximum atomic E-state index is 11.1. The average molecular weight is 234 g/mol. The quantitative estimate of drug-likeness (QED) is 0.609. The molecule has 0 aliphatic heterocycles. The third kappa shape index (κ3) is 2.58. The molecule has 0 unspecified atom stereocenters. The average Bonchev–Trinajstić information content (AvgIpc) is 2.39. The number of hydroxylamine groups is 2. The van der Waals surface area contributed by atoms with E-state index in [4.69, 9.17) is 5.73 Å². The van der Waals surface area contributed by atoms with E-state index < -0.39 is 6.03 Å². The summed E-state index contributed by atoms with van der Waals surface area (Å²) in [5, 5.41) is 10.4. The van der Waals surface area contributed by atoms with Gasteiger partial charge in [0.2, 0.25) is 0 Å². The minimum atomic E-state index is -0.766. The molecule has 92 valence electrons. The fraction of sp³-hybridized carbons (Fsp3) is 0.462. The number of rotatable bonds is 2. The van der Waals surface area contributed by atoms with Crippen LogP contribution in [0.5, 0.6) is 0 Å². The Morgan fingerprint density at radius 2 is 1.88 bits per heavy atom. The molecule has 0 spiro atoms. The number of hydrogen-bond donors (Lipinski definition) is 2. The normalized spacial score (nSPS) is 24.3. The molecule has 0 bridgehead atoms. The van der Waals surface area contributed by atoms with Gasteiger partial charge < -0.3 is 5.73 Å². The van der Waals surface area contributed by atoms with Crippen LogP contribution in [0.4, 0.5) is 4.79 Å². The number of nitrogens with two attached hydrogens (primary N) is 1. The van der Waals surface area contributed by atoms with Gasteiger partial charge in [0, 0.05) is 5.92 Å². The topological polar surface area (TPSA) is 66.6 Å². The molecule has 0 radical (unpaired) electrons. The molecule has 4 nitrogen and oxygen atoms in total. The summed E-state index contributed by atoms with van der Waals surface area (Å²) < 4.78 is 0. The first kappa shape index (κ1) is 11.9. The molecule has 4 heteroatoms. The molecule has 1 fully saturated rings. The van der Waals surface area contributed by atoms with Crippen LogP contribution in [-0.4, -0.2) is 22.3 Å². The third-order valence-electron chi connectivity index (χ3n) is 3.50. The van der Waals surface area contributed by atoms with Gasteiger partial charge in [0.05, 0.1) is 6.04 Å². The molecule has 1 aliphatic rings. The van der Waals surface area contributed by atoms with Gasteiger partial charge in [-0.2, -0.15) is 0 Å². The van der Waals surface area contributed by atoms with Gasteiger partial charge >= 0.3 is 6.03 Å². The van der Waals surface area contributed by atoms with E-state index in [1.165, 1.54) is 0 Å². The molecule has 1 aromatic carbocycles. The Morgan fingerprint density at radius 1 is 1.24 bits per heavy atom. The lowest BCUT2D eigenvalue weighted by Crippen LogP contribution is -2.45. The van der Waals surface area contributed by atoms with Crippen molar-refractivity contribution in [1.29, 1.82) is 0 Å². The summed E-state index contributed by atoms with van der Waals surface area (Å²) >= 11 is 0. The van der Waals surface area contributed by atoms with Crippen LogP contribution in [0.3, 0.4) is 0 Å². The van der Waals surface area contributed by atoms with Crippen molar-refractivity contribution in [2.75, 3.05) is 0 Å². The molecule has 2 amide bonds. The van der Waals surface area contributed by atoms with E-state index in [-0.39, 0.29) is 12.0 Å². The first-order valence-electron chi connectivity index (χ1n) is 6.02. The van der Waals surface area contributed by atoms with Crippen LogP contribution in [-0.2, 0) is 0 Å². The maximum Gasteiger partial charge on any atom is 0.338 e. The maximum absolute atomic E-state index is 11.1. The van der Waals surface area contributed by atoms with Crippen molar-refractivity contribution in [2.24, 2.45) is 5.73 Å². The van der Waals surface area contributed by atoms with Crippen LogP contribution < -0.4 is 5.73 Å². The number of nitrogens with zero attached hydrogens (tertiary/aromatic N) is 1. The molecule has 0 saturated heterocycles. The highest BCUT2D eigenvalue weighted by Crippen LogP contribution is 2.35. The Hall–Kier alpha value is -1.55. The van der Waals surface area contributed by atoms with E-state index in [0.29, 0.717) is 5.06 Å². The van der Waals surface area contributed by atoms with Crippen LogP contribution in [0, 0.1) is 0 Å². The highest BCUT2D eigenvalue weighted by molar-refractivity contribution is 5.71. The highest BCUT2D eigenvalue weighted by Gasteiger charge is 2.32. The molecule has 2 atom stereocenters. The van der Waals surface area contributed by atoms with Gasteiger partial charge in [0.25, 0.3) is 0 Å². The van der Waals surface area contributed by atoms with Crippen LogP contribution >= 0.6 is 0 Å². The number of amides is 2. The van der Waals surface area contributed by atoms with Crippen molar-refractivity contribution < 1.29 is 10.0 Å². The molecular weight excluding hydrogens is 216 g/mol. The molecule has 2 rings (SSSR count). The second-order valence-corrected chi connectivity index (χ2v) is 4.55. The van der Waals surface area contributed by atoms with Crippen molar-refractivity contribution in [1.82, 2.24) is 5.06 Å². The minimum Gasteiger partial charge on any atom is -0.350 e. The van der Waals surface area contributed by atoms with Crippen LogP contribution in [0.1, 0.15) is 37.2 Å². The zero-order valence-corrected chi connectivity index (χ0v) is 9.75. The van der Waals surface area contributed by atoms with Crippen molar-refractivity contribution >= 4 is 6.03 Å². The minimum absolute atomic E-state index is 0.183. The fourth-order valence-corrected chi connectivity index (χ4v) is 2.66. The van der Waals surface area contributed by atoms with Crippen molar-refractivity contribution in [3.8, 4) is 0 Å². The molecule has 17 heavy (non-hydrogen) atoms. The number of primary amides is 1. The molecule has 1 aliphatic carbocycles. The standard InChI is InChI=1S/C13H18N2O2/c14-13(16)15(17)12-9-5-4-8-11(12)10-6-2-1-3-7-10/h1-3,6-7,11-12,17H,4-5,8-9H2,(H2,14,16)/t11-,12-/m1/s1. The lowest BCUT2D eigenvalue weighted by molar-refractivity contribution is -0.0903. The van der Waals surface area contributed by atoms with E-state index in [1.807, 2.05) is 30.3 Å². The van der Waals surface area contributed by atoms with Crippen molar-refractivity contribution in [2.45, 2.75) is 37.6 Å². The second-order valence-electron chi connectivity index (χ2n) is 4.55.